The third-order valence-corrected chi connectivity index (χ3v) is 9.83. The SMILES string of the molecule is CCc1nc2c(N)ncc(-c3ccc4c(c3)OCC3CC(N5CCN(C)CC5)CCN43)c2nc1NC1CCCCC1. The number of ether oxygens (including phenoxy) is 1. The van der Waals surface area contributed by atoms with E-state index in [0.29, 0.717) is 29.5 Å². The lowest BCUT2D eigenvalue weighted by molar-refractivity contribution is 0.0822. The summed E-state index contributed by atoms with van der Waals surface area (Å²) >= 11 is 0. The van der Waals surface area contributed by atoms with Gasteiger partial charge >= 0.3 is 0 Å². The van der Waals surface area contributed by atoms with E-state index < -0.39 is 0 Å². The molecule has 1 aliphatic carbocycles. The van der Waals surface area contributed by atoms with Crippen LogP contribution in [-0.2, 0) is 6.42 Å². The highest BCUT2D eigenvalue weighted by atomic mass is 16.5. The number of rotatable bonds is 5. The lowest BCUT2D eigenvalue weighted by Crippen LogP contribution is -2.57. The number of nitrogens with zero attached hydrogens (tertiary/aromatic N) is 6. The van der Waals surface area contributed by atoms with Gasteiger partial charge in [0.05, 0.1) is 17.4 Å². The number of hydrogen-bond acceptors (Lipinski definition) is 9. The van der Waals surface area contributed by atoms with Gasteiger partial charge in [-0.1, -0.05) is 32.3 Å². The molecule has 3 aliphatic heterocycles. The smallest absolute Gasteiger partial charge is 0.151 e. The Morgan fingerprint density at radius 1 is 0.976 bits per heavy atom. The highest BCUT2D eigenvalue weighted by molar-refractivity contribution is 5.97. The van der Waals surface area contributed by atoms with Gasteiger partial charge in [0, 0.05) is 56.6 Å². The largest absolute Gasteiger partial charge is 0.489 e. The van der Waals surface area contributed by atoms with Crippen molar-refractivity contribution in [3.8, 4) is 16.9 Å². The van der Waals surface area contributed by atoms with Gasteiger partial charge in [-0.2, -0.15) is 0 Å². The molecule has 0 amide bonds. The van der Waals surface area contributed by atoms with Gasteiger partial charge in [0.15, 0.2) is 5.82 Å². The molecule has 9 nitrogen and oxygen atoms in total. The average molecular weight is 557 g/mol. The molecule has 41 heavy (non-hydrogen) atoms. The first-order valence-corrected chi connectivity index (χ1v) is 15.8. The van der Waals surface area contributed by atoms with Crippen LogP contribution in [0.2, 0.25) is 0 Å². The molecule has 2 unspecified atom stereocenters. The topological polar surface area (TPSA) is 95.7 Å². The number of nitrogens with two attached hydrogens (primary N) is 1. The molecule has 2 saturated heterocycles. The second-order valence-electron chi connectivity index (χ2n) is 12.5. The lowest BCUT2D eigenvalue weighted by Gasteiger charge is -2.48. The zero-order valence-corrected chi connectivity index (χ0v) is 24.6. The van der Waals surface area contributed by atoms with Crippen molar-refractivity contribution in [1.29, 1.82) is 0 Å². The molecule has 1 aromatic carbocycles. The van der Waals surface area contributed by atoms with E-state index in [1.165, 1.54) is 76.8 Å². The normalized spacial score (nSPS) is 24.1. The van der Waals surface area contributed by atoms with Gasteiger partial charge in [-0.15, -0.1) is 0 Å². The maximum Gasteiger partial charge on any atom is 0.151 e. The molecule has 218 valence electrons. The summed E-state index contributed by atoms with van der Waals surface area (Å²) in [4.78, 5) is 22.4. The monoisotopic (exact) mass is 556 g/mol. The van der Waals surface area contributed by atoms with Crippen LogP contribution in [0.25, 0.3) is 22.2 Å². The first kappa shape index (κ1) is 26.7. The summed E-state index contributed by atoms with van der Waals surface area (Å²) in [5.41, 5.74) is 12.0. The van der Waals surface area contributed by atoms with Gasteiger partial charge in [0.2, 0.25) is 0 Å². The molecule has 0 bridgehead atoms. The van der Waals surface area contributed by atoms with Crippen molar-refractivity contribution in [2.75, 3.05) is 62.3 Å². The molecule has 1 saturated carbocycles. The van der Waals surface area contributed by atoms with E-state index in [1.54, 1.807) is 0 Å². The van der Waals surface area contributed by atoms with Gasteiger partial charge < -0.3 is 25.6 Å². The van der Waals surface area contributed by atoms with Crippen molar-refractivity contribution < 1.29 is 4.74 Å². The van der Waals surface area contributed by atoms with E-state index >= 15 is 0 Å². The molecule has 7 rings (SSSR count). The van der Waals surface area contributed by atoms with E-state index in [-0.39, 0.29) is 0 Å². The summed E-state index contributed by atoms with van der Waals surface area (Å²) in [6, 6.07) is 8.11. The number of hydrogen-bond donors (Lipinski definition) is 2. The first-order chi connectivity index (χ1) is 20.1. The van der Waals surface area contributed by atoms with Crippen LogP contribution < -0.4 is 20.7 Å². The Labute approximate surface area is 243 Å². The van der Waals surface area contributed by atoms with Gasteiger partial charge in [0.1, 0.15) is 29.2 Å². The minimum Gasteiger partial charge on any atom is -0.489 e. The third kappa shape index (κ3) is 5.18. The van der Waals surface area contributed by atoms with Crippen LogP contribution in [0.15, 0.2) is 24.4 Å². The number of fused-ring (bicyclic) bond motifs is 4. The Kier molecular flexibility index (Phi) is 7.33. The Morgan fingerprint density at radius 2 is 1.80 bits per heavy atom. The summed E-state index contributed by atoms with van der Waals surface area (Å²) < 4.78 is 6.44. The average Bonchev–Trinajstić information content (AvgIpc) is 3.01. The van der Waals surface area contributed by atoms with E-state index in [9.17, 15) is 0 Å². The minimum atomic E-state index is 0.426. The number of piperidine rings is 1. The van der Waals surface area contributed by atoms with Crippen molar-refractivity contribution in [2.24, 2.45) is 0 Å². The van der Waals surface area contributed by atoms with Crippen LogP contribution in [0.5, 0.6) is 5.75 Å². The van der Waals surface area contributed by atoms with Gasteiger partial charge in [-0.3, -0.25) is 4.90 Å². The number of aryl methyl sites for hydroxylation is 1. The van der Waals surface area contributed by atoms with E-state index in [1.807, 2.05) is 6.20 Å². The van der Waals surface area contributed by atoms with Gasteiger partial charge in [-0.05, 0) is 56.8 Å². The van der Waals surface area contributed by atoms with Gasteiger partial charge in [-0.25, -0.2) is 15.0 Å². The molecular formula is C32H44N8O. The van der Waals surface area contributed by atoms with Crippen LogP contribution in [-0.4, -0.2) is 89.3 Å². The number of piperazine rings is 1. The summed E-state index contributed by atoms with van der Waals surface area (Å²) in [6.07, 6.45) is 11.2. The Morgan fingerprint density at radius 3 is 2.61 bits per heavy atom. The highest BCUT2D eigenvalue weighted by Crippen LogP contribution is 2.42. The van der Waals surface area contributed by atoms with E-state index in [0.717, 1.165) is 53.5 Å². The summed E-state index contributed by atoms with van der Waals surface area (Å²) in [5.74, 6) is 2.26. The van der Waals surface area contributed by atoms with Crippen LogP contribution in [0, 0.1) is 0 Å². The molecule has 2 aromatic heterocycles. The number of pyridine rings is 1. The number of benzene rings is 1. The molecular weight excluding hydrogens is 512 g/mol. The van der Waals surface area contributed by atoms with Gasteiger partial charge in [0.25, 0.3) is 0 Å². The fraction of sp³-hybridized carbons (Fsp3) is 0.594. The zero-order valence-electron chi connectivity index (χ0n) is 24.6. The van der Waals surface area contributed by atoms with E-state index in [4.69, 9.17) is 20.4 Å². The highest BCUT2D eigenvalue weighted by Gasteiger charge is 2.36. The van der Waals surface area contributed by atoms with Crippen LogP contribution in [0.4, 0.5) is 17.3 Å². The maximum absolute atomic E-state index is 6.44. The second kappa shape index (κ2) is 11.2. The Bertz CT molecular complexity index is 1400. The molecule has 3 aromatic rings. The minimum absolute atomic E-state index is 0.426. The summed E-state index contributed by atoms with van der Waals surface area (Å²) in [6.45, 7) is 8.63. The van der Waals surface area contributed by atoms with Crippen molar-refractivity contribution >= 4 is 28.4 Å². The number of nitrogens with one attached hydrogen (secondary N) is 1. The summed E-state index contributed by atoms with van der Waals surface area (Å²) in [5, 5.41) is 3.73. The molecule has 4 aliphatic rings. The fourth-order valence-corrected chi connectivity index (χ4v) is 7.35. The van der Waals surface area contributed by atoms with Crippen molar-refractivity contribution in [2.45, 2.75) is 76.4 Å². The predicted molar refractivity (Wildman–Crippen MR) is 166 cm³/mol. The Balaban J connectivity index is 1.16. The second-order valence-corrected chi connectivity index (χ2v) is 12.5. The van der Waals surface area contributed by atoms with Crippen LogP contribution >= 0.6 is 0 Å². The Hall–Kier alpha value is -3.17. The van der Waals surface area contributed by atoms with Crippen molar-refractivity contribution in [3.05, 3.63) is 30.1 Å². The van der Waals surface area contributed by atoms with Crippen molar-refractivity contribution in [3.63, 3.8) is 0 Å². The number of likely N-dealkylation sites (N-methyl/N-ethyl adjacent to an activating group) is 1. The standard InChI is InChI=1S/C32H44N8O/c1-3-26-32(35-22-7-5-4-6-8-22)37-29-25(19-34-31(33)30(29)36-26)21-9-10-27-28(17-21)41-20-24-18-23(11-12-40(24)27)39-15-13-38(2)14-16-39/h9-10,17,19,22-24H,3-8,11-16,18,20H2,1-2H3,(H2,33,34)(H,35,37). The third-order valence-electron chi connectivity index (χ3n) is 9.83. The fourth-order valence-electron chi connectivity index (χ4n) is 7.35. The number of aromatic nitrogens is 3. The molecule has 9 heteroatoms. The quantitative estimate of drug-likeness (QED) is 0.469. The zero-order chi connectivity index (χ0) is 27.9. The number of anilines is 3. The number of nitrogen functional groups attached to an aromatic ring is 1. The van der Waals surface area contributed by atoms with Crippen LogP contribution in [0.3, 0.4) is 0 Å². The summed E-state index contributed by atoms with van der Waals surface area (Å²) in [7, 11) is 2.23. The van der Waals surface area contributed by atoms with Crippen LogP contribution in [0.1, 0.15) is 57.6 Å². The molecule has 3 fully saturated rings. The predicted octanol–water partition coefficient (Wildman–Crippen LogP) is 4.56. The van der Waals surface area contributed by atoms with Crippen molar-refractivity contribution in [1.82, 2.24) is 24.8 Å². The molecule has 0 spiro atoms. The molecule has 2 atom stereocenters. The lowest BCUT2D eigenvalue weighted by atomic mass is 9.93. The van der Waals surface area contributed by atoms with E-state index in [2.05, 4.69) is 57.2 Å². The molecule has 0 radical (unpaired) electrons. The molecule has 3 N–H and O–H groups in total. The first-order valence-electron chi connectivity index (χ1n) is 15.8. The molecule has 5 heterocycles. The maximum atomic E-state index is 6.44.